The molecule has 3 heterocycles. The normalized spacial score (nSPS) is 19.0. The molecule has 1 aromatic carbocycles. The van der Waals surface area contributed by atoms with Crippen LogP contribution in [0.4, 0.5) is 10.1 Å². The Balaban J connectivity index is 1.79. The lowest BCUT2D eigenvalue weighted by atomic mass is 9.93. The van der Waals surface area contributed by atoms with E-state index in [0.29, 0.717) is 43.9 Å². The van der Waals surface area contributed by atoms with Gasteiger partial charge in [-0.2, -0.15) is 0 Å². The number of hydrogen-bond acceptors (Lipinski definition) is 5. The van der Waals surface area contributed by atoms with Gasteiger partial charge in [0.1, 0.15) is 11.4 Å². The number of benzene rings is 1. The molecule has 7 nitrogen and oxygen atoms in total. The second-order valence-corrected chi connectivity index (χ2v) is 8.03. The number of pyridine rings is 1. The second kappa shape index (κ2) is 6.86. The number of rotatable bonds is 3. The number of aromatic nitrogens is 1. The van der Waals surface area contributed by atoms with Gasteiger partial charge in [0.25, 0.3) is 5.91 Å². The molecule has 3 N–H and O–H groups in total. The maximum atomic E-state index is 14.9. The number of nitrogens with two attached hydrogens (primary N) is 1. The fourth-order valence-corrected chi connectivity index (χ4v) is 4.10. The Labute approximate surface area is 162 Å². The molecule has 0 unspecified atom stereocenters. The van der Waals surface area contributed by atoms with Crippen LogP contribution in [0.15, 0.2) is 23.1 Å². The number of likely N-dealkylation sites (tertiary alicyclic amines) is 1. The summed E-state index contributed by atoms with van der Waals surface area (Å²) in [4.78, 5) is 29.3. The Kier molecular flexibility index (Phi) is 4.63. The van der Waals surface area contributed by atoms with E-state index in [1.54, 1.807) is 17.2 Å². The van der Waals surface area contributed by atoms with Gasteiger partial charge < -0.3 is 25.4 Å². The zero-order chi connectivity index (χ0) is 20.1. The summed E-state index contributed by atoms with van der Waals surface area (Å²) in [6.45, 7) is 8.20. The highest BCUT2D eigenvalue weighted by Crippen LogP contribution is 2.26. The van der Waals surface area contributed by atoms with Crippen molar-refractivity contribution in [2.75, 3.05) is 44.2 Å². The van der Waals surface area contributed by atoms with Crippen LogP contribution in [0, 0.1) is 5.82 Å². The lowest BCUT2D eigenvalue weighted by Crippen LogP contribution is -2.67. The average Bonchev–Trinajstić information content (AvgIpc) is 2.66. The van der Waals surface area contributed by atoms with Crippen molar-refractivity contribution in [3.63, 3.8) is 0 Å². The smallest absolute Gasteiger partial charge is 0.259 e. The van der Waals surface area contributed by atoms with Gasteiger partial charge in [-0.25, -0.2) is 4.39 Å². The van der Waals surface area contributed by atoms with Crippen LogP contribution in [-0.4, -0.2) is 60.2 Å². The van der Waals surface area contributed by atoms with E-state index in [1.807, 2.05) is 23.3 Å². The van der Waals surface area contributed by atoms with Crippen molar-refractivity contribution in [1.29, 1.82) is 0 Å². The number of anilines is 1. The van der Waals surface area contributed by atoms with E-state index in [4.69, 9.17) is 5.73 Å². The summed E-state index contributed by atoms with van der Waals surface area (Å²) < 4.78 is 16.7. The van der Waals surface area contributed by atoms with Crippen molar-refractivity contribution in [3.8, 4) is 0 Å². The number of carbonyl (C=O) groups is 1. The monoisotopic (exact) mass is 387 g/mol. The van der Waals surface area contributed by atoms with Gasteiger partial charge in [-0.3, -0.25) is 9.59 Å². The second-order valence-electron chi connectivity index (χ2n) is 8.03. The molecule has 28 heavy (non-hydrogen) atoms. The maximum Gasteiger partial charge on any atom is 0.259 e. The third-order valence-corrected chi connectivity index (χ3v) is 5.57. The zero-order valence-corrected chi connectivity index (χ0v) is 16.3. The number of nitrogens with one attached hydrogen (secondary N) is 1. The number of aryl methyl sites for hydroxylation is 1. The summed E-state index contributed by atoms with van der Waals surface area (Å²) in [6.07, 6.45) is 1.60. The van der Waals surface area contributed by atoms with Crippen LogP contribution in [0.5, 0.6) is 0 Å². The Bertz CT molecular complexity index is 986. The van der Waals surface area contributed by atoms with E-state index in [1.165, 1.54) is 6.07 Å². The van der Waals surface area contributed by atoms with Crippen molar-refractivity contribution in [3.05, 3.63) is 39.9 Å². The minimum atomic E-state index is -0.433. The van der Waals surface area contributed by atoms with Crippen LogP contribution < -0.4 is 21.4 Å². The van der Waals surface area contributed by atoms with Crippen LogP contribution in [-0.2, 0) is 6.54 Å². The van der Waals surface area contributed by atoms with Crippen molar-refractivity contribution in [2.24, 2.45) is 5.73 Å². The Morgan fingerprint density at radius 2 is 1.96 bits per heavy atom. The molecule has 1 amide bonds. The molecule has 0 bridgehead atoms. The average molecular weight is 387 g/mol. The van der Waals surface area contributed by atoms with Crippen LogP contribution in [0.1, 0.15) is 24.2 Å². The lowest BCUT2D eigenvalue weighted by molar-refractivity contribution is 0.0452. The molecule has 0 spiro atoms. The third kappa shape index (κ3) is 3.16. The number of piperazine rings is 1. The number of amides is 1. The van der Waals surface area contributed by atoms with E-state index in [-0.39, 0.29) is 16.9 Å². The largest absolute Gasteiger partial charge is 0.367 e. The van der Waals surface area contributed by atoms with Crippen molar-refractivity contribution in [1.82, 2.24) is 14.8 Å². The first-order valence-corrected chi connectivity index (χ1v) is 9.71. The van der Waals surface area contributed by atoms with Gasteiger partial charge in [-0.15, -0.1) is 0 Å². The Morgan fingerprint density at radius 1 is 1.29 bits per heavy atom. The van der Waals surface area contributed by atoms with Gasteiger partial charge in [0.05, 0.1) is 11.2 Å². The first-order chi connectivity index (χ1) is 13.3. The van der Waals surface area contributed by atoms with Crippen LogP contribution >= 0.6 is 0 Å². The van der Waals surface area contributed by atoms with E-state index in [9.17, 15) is 14.0 Å². The Morgan fingerprint density at radius 3 is 2.57 bits per heavy atom. The molecule has 0 radical (unpaired) electrons. The first kappa shape index (κ1) is 18.9. The predicted octanol–water partition coefficient (Wildman–Crippen LogP) is 0.743. The topological polar surface area (TPSA) is 83.6 Å². The zero-order valence-electron chi connectivity index (χ0n) is 16.3. The fourth-order valence-electron chi connectivity index (χ4n) is 4.10. The number of fused-ring (bicyclic) bond motifs is 1. The van der Waals surface area contributed by atoms with E-state index >= 15 is 0 Å². The van der Waals surface area contributed by atoms with Crippen LogP contribution in [0.25, 0.3) is 10.9 Å². The van der Waals surface area contributed by atoms with Crippen LogP contribution in [0.2, 0.25) is 0 Å². The summed E-state index contributed by atoms with van der Waals surface area (Å²) in [7, 11) is 0. The molecule has 1 aromatic heterocycles. The quantitative estimate of drug-likeness (QED) is 0.812. The van der Waals surface area contributed by atoms with Crippen molar-refractivity contribution >= 4 is 22.5 Å². The predicted molar refractivity (Wildman–Crippen MR) is 107 cm³/mol. The minimum absolute atomic E-state index is 0.0687. The highest BCUT2D eigenvalue weighted by atomic mass is 19.1. The molecule has 2 aliphatic rings. The molecule has 2 aromatic rings. The molecule has 2 aliphatic heterocycles. The molecule has 2 fully saturated rings. The van der Waals surface area contributed by atoms with Crippen LogP contribution in [0.3, 0.4) is 0 Å². The van der Waals surface area contributed by atoms with E-state index in [2.05, 4.69) is 5.32 Å². The SMILES string of the molecule is CCn1cc(C(=O)N2CC(C)(N)C2)c(=O)c2cc(F)c(N3CCNCC3)cc21. The molecule has 0 aliphatic carbocycles. The third-order valence-electron chi connectivity index (χ3n) is 5.57. The summed E-state index contributed by atoms with van der Waals surface area (Å²) in [5.74, 6) is -0.777. The molecule has 150 valence electrons. The molecule has 4 rings (SSSR count). The number of carbonyl (C=O) groups excluding carboxylic acids is 1. The minimum Gasteiger partial charge on any atom is -0.367 e. The Hall–Kier alpha value is -2.45. The molecule has 8 heteroatoms. The highest BCUT2D eigenvalue weighted by Gasteiger charge is 2.39. The number of hydrogen-bond donors (Lipinski definition) is 2. The van der Waals surface area contributed by atoms with Gasteiger partial charge >= 0.3 is 0 Å². The summed E-state index contributed by atoms with van der Waals surface area (Å²) in [5, 5.41) is 3.49. The van der Waals surface area contributed by atoms with E-state index < -0.39 is 16.8 Å². The molecule has 0 saturated carbocycles. The lowest BCUT2D eigenvalue weighted by Gasteiger charge is -2.45. The standard InChI is InChI=1S/C20H26FN5O2/c1-3-24-10-14(19(28)26-11-20(2,22)12-26)18(27)13-8-15(21)17(9-16(13)24)25-6-4-23-5-7-25/h8-10,23H,3-7,11-12,22H2,1-2H3. The number of nitrogens with zero attached hydrogens (tertiary/aromatic N) is 3. The maximum absolute atomic E-state index is 14.9. The van der Waals surface area contributed by atoms with Gasteiger partial charge in [-0.1, -0.05) is 0 Å². The van der Waals surface area contributed by atoms with Gasteiger partial charge in [-0.05, 0) is 26.0 Å². The first-order valence-electron chi connectivity index (χ1n) is 9.71. The number of halogens is 1. The van der Waals surface area contributed by atoms with E-state index in [0.717, 1.165) is 13.1 Å². The van der Waals surface area contributed by atoms with Gasteiger partial charge in [0.15, 0.2) is 0 Å². The van der Waals surface area contributed by atoms with Gasteiger partial charge in [0, 0.05) is 62.9 Å². The summed E-state index contributed by atoms with van der Waals surface area (Å²) in [6, 6.07) is 3.01. The molecular formula is C20H26FN5O2. The molecule has 0 atom stereocenters. The van der Waals surface area contributed by atoms with Crippen molar-refractivity contribution < 1.29 is 9.18 Å². The molecular weight excluding hydrogens is 361 g/mol. The van der Waals surface area contributed by atoms with Crippen molar-refractivity contribution in [2.45, 2.75) is 25.9 Å². The highest BCUT2D eigenvalue weighted by molar-refractivity contribution is 5.98. The summed E-state index contributed by atoms with van der Waals surface area (Å²) in [5.41, 5.74) is 6.35. The van der Waals surface area contributed by atoms with Gasteiger partial charge in [0.2, 0.25) is 5.43 Å². The summed E-state index contributed by atoms with van der Waals surface area (Å²) >= 11 is 0. The molecule has 2 saturated heterocycles. The fraction of sp³-hybridized carbons (Fsp3) is 0.500.